The summed E-state index contributed by atoms with van der Waals surface area (Å²) in [5, 5.41) is 6.94. The monoisotopic (exact) mass is 300 g/mol. The second-order valence-electron chi connectivity index (χ2n) is 7.03. The minimum Gasteiger partial charge on any atom is -0.354 e. The molecule has 2 N–H and O–H groups in total. The number of carbonyl (C=O) groups is 1. The molecule has 22 heavy (non-hydrogen) atoms. The summed E-state index contributed by atoms with van der Waals surface area (Å²) in [5.74, 6) is 0.840. The van der Waals surface area contributed by atoms with Gasteiger partial charge in [-0.1, -0.05) is 30.3 Å². The quantitative estimate of drug-likeness (QED) is 0.895. The van der Waals surface area contributed by atoms with Crippen LogP contribution in [0.3, 0.4) is 0 Å². The van der Waals surface area contributed by atoms with Gasteiger partial charge in [0.25, 0.3) is 0 Å². The third-order valence-corrected chi connectivity index (χ3v) is 5.31. The summed E-state index contributed by atoms with van der Waals surface area (Å²) in [4.78, 5) is 11.1. The van der Waals surface area contributed by atoms with E-state index < -0.39 is 0 Å². The van der Waals surface area contributed by atoms with E-state index in [0.29, 0.717) is 18.1 Å². The van der Waals surface area contributed by atoms with Crippen molar-refractivity contribution >= 4 is 5.91 Å². The van der Waals surface area contributed by atoms with Crippen LogP contribution in [0.2, 0.25) is 0 Å². The van der Waals surface area contributed by atoms with E-state index in [1.807, 2.05) is 0 Å². The highest BCUT2D eigenvalue weighted by atomic mass is 16.1. The van der Waals surface area contributed by atoms with Crippen LogP contribution in [0.4, 0.5) is 0 Å². The Morgan fingerprint density at radius 3 is 2.23 bits per heavy atom. The normalized spacial score (nSPS) is 31.9. The fourth-order valence-electron chi connectivity index (χ4n) is 4.19. The predicted octanol–water partition coefficient (Wildman–Crippen LogP) is 3.36. The lowest BCUT2D eigenvalue weighted by Crippen LogP contribution is -2.44. The highest BCUT2D eigenvalue weighted by Crippen LogP contribution is 2.35. The zero-order valence-corrected chi connectivity index (χ0v) is 13.6. The average molecular weight is 300 g/mol. The van der Waals surface area contributed by atoms with Crippen LogP contribution in [0.1, 0.15) is 63.4 Å². The first kappa shape index (κ1) is 15.5. The predicted molar refractivity (Wildman–Crippen MR) is 89.8 cm³/mol. The molecule has 2 unspecified atom stereocenters. The highest BCUT2D eigenvalue weighted by Gasteiger charge is 2.29. The molecule has 0 spiro atoms. The lowest BCUT2D eigenvalue weighted by Gasteiger charge is -2.31. The van der Waals surface area contributed by atoms with Crippen LogP contribution < -0.4 is 10.6 Å². The molecule has 2 aliphatic carbocycles. The Hall–Kier alpha value is -1.35. The molecular formula is C19H28N2O. The maximum atomic E-state index is 11.1. The molecule has 0 aliphatic heterocycles. The van der Waals surface area contributed by atoms with Gasteiger partial charge in [-0.15, -0.1) is 0 Å². The molecule has 3 rings (SSSR count). The molecule has 0 heterocycles. The van der Waals surface area contributed by atoms with E-state index in [-0.39, 0.29) is 5.91 Å². The van der Waals surface area contributed by atoms with E-state index in [1.165, 1.54) is 37.7 Å². The van der Waals surface area contributed by atoms with Gasteiger partial charge in [-0.25, -0.2) is 0 Å². The van der Waals surface area contributed by atoms with E-state index >= 15 is 0 Å². The van der Waals surface area contributed by atoms with Crippen molar-refractivity contribution in [3.8, 4) is 0 Å². The summed E-state index contributed by atoms with van der Waals surface area (Å²) in [6.07, 6.45) is 8.50. The second kappa shape index (κ2) is 7.28. The van der Waals surface area contributed by atoms with Crippen molar-refractivity contribution in [2.45, 2.75) is 75.9 Å². The Balaban J connectivity index is 1.43. The minimum atomic E-state index is 0.109. The SMILES string of the molecule is CC(=O)NC1CCC(NC2CCC(c3ccccc3)C2)CC1. The van der Waals surface area contributed by atoms with Gasteiger partial charge in [0.2, 0.25) is 5.91 Å². The third-order valence-electron chi connectivity index (χ3n) is 5.31. The van der Waals surface area contributed by atoms with E-state index in [4.69, 9.17) is 0 Å². The molecule has 2 saturated carbocycles. The molecule has 1 amide bonds. The van der Waals surface area contributed by atoms with Gasteiger partial charge in [0.15, 0.2) is 0 Å². The van der Waals surface area contributed by atoms with E-state index in [9.17, 15) is 4.79 Å². The van der Waals surface area contributed by atoms with Crippen molar-refractivity contribution in [2.24, 2.45) is 0 Å². The van der Waals surface area contributed by atoms with Crippen molar-refractivity contribution < 1.29 is 4.79 Å². The maximum absolute atomic E-state index is 11.1. The molecule has 0 saturated heterocycles. The molecule has 1 aromatic carbocycles. The zero-order valence-electron chi connectivity index (χ0n) is 13.6. The van der Waals surface area contributed by atoms with Gasteiger partial charge in [0.05, 0.1) is 0 Å². The van der Waals surface area contributed by atoms with Gasteiger partial charge in [-0.05, 0) is 56.4 Å². The van der Waals surface area contributed by atoms with Crippen molar-refractivity contribution in [3.63, 3.8) is 0 Å². The summed E-state index contributed by atoms with van der Waals surface area (Å²) in [7, 11) is 0. The highest BCUT2D eigenvalue weighted by molar-refractivity contribution is 5.73. The Morgan fingerprint density at radius 1 is 0.909 bits per heavy atom. The van der Waals surface area contributed by atoms with Gasteiger partial charge >= 0.3 is 0 Å². The lowest BCUT2D eigenvalue weighted by atomic mass is 9.90. The number of benzene rings is 1. The molecule has 0 radical (unpaired) electrons. The first-order valence-corrected chi connectivity index (χ1v) is 8.79. The molecule has 2 aliphatic rings. The Labute approximate surface area is 133 Å². The number of nitrogens with one attached hydrogen (secondary N) is 2. The summed E-state index contributed by atoms with van der Waals surface area (Å²) in [6, 6.07) is 12.7. The number of hydrogen-bond acceptors (Lipinski definition) is 2. The molecule has 2 atom stereocenters. The van der Waals surface area contributed by atoms with Gasteiger partial charge in [-0.3, -0.25) is 4.79 Å². The van der Waals surface area contributed by atoms with Crippen LogP contribution in [-0.4, -0.2) is 24.0 Å². The van der Waals surface area contributed by atoms with Crippen LogP contribution >= 0.6 is 0 Å². The van der Waals surface area contributed by atoms with Gasteiger partial charge < -0.3 is 10.6 Å². The second-order valence-corrected chi connectivity index (χ2v) is 7.03. The Morgan fingerprint density at radius 2 is 1.55 bits per heavy atom. The van der Waals surface area contributed by atoms with Crippen LogP contribution in [0.5, 0.6) is 0 Å². The standard InChI is InChI=1S/C19H28N2O/c1-14(22)20-17-9-11-18(12-10-17)21-19-8-7-16(13-19)15-5-3-2-4-6-15/h2-6,16-19,21H,7-13H2,1H3,(H,20,22). The molecule has 0 aromatic heterocycles. The molecule has 3 heteroatoms. The fourth-order valence-corrected chi connectivity index (χ4v) is 4.19. The van der Waals surface area contributed by atoms with Crippen molar-refractivity contribution in [3.05, 3.63) is 35.9 Å². The fraction of sp³-hybridized carbons (Fsp3) is 0.632. The first-order chi connectivity index (χ1) is 10.7. The van der Waals surface area contributed by atoms with Crippen LogP contribution in [-0.2, 0) is 4.79 Å². The van der Waals surface area contributed by atoms with Crippen molar-refractivity contribution in [1.29, 1.82) is 0 Å². The molecular weight excluding hydrogens is 272 g/mol. The molecule has 1 aromatic rings. The van der Waals surface area contributed by atoms with Gasteiger partial charge in [-0.2, -0.15) is 0 Å². The van der Waals surface area contributed by atoms with E-state index in [1.54, 1.807) is 6.92 Å². The van der Waals surface area contributed by atoms with Crippen LogP contribution in [0.25, 0.3) is 0 Å². The number of amides is 1. The number of carbonyl (C=O) groups excluding carboxylic acids is 1. The summed E-state index contributed by atoms with van der Waals surface area (Å²) in [6.45, 7) is 1.62. The lowest BCUT2D eigenvalue weighted by molar-refractivity contribution is -0.119. The molecule has 3 nitrogen and oxygen atoms in total. The summed E-state index contributed by atoms with van der Waals surface area (Å²) >= 11 is 0. The van der Waals surface area contributed by atoms with Crippen LogP contribution in [0, 0.1) is 0 Å². The maximum Gasteiger partial charge on any atom is 0.217 e. The zero-order chi connectivity index (χ0) is 15.4. The molecule has 120 valence electrons. The molecule has 0 bridgehead atoms. The topological polar surface area (TPSA) is 41.1 Å². The molecule has 2 fully saturated rings. The largest absolute Gasteiger partial charge is 0.354 e. The Kier molecular flexibility index (Phi) is 5.14. The summed E-state index contributed by atoms with van der Waals surface area (Å²) < 4.78 is 0. The smallest absolute Gasteiger partial charge is 0.217 e. The first-order valence-electron chi connectivity index (χ1n) is 8.79. The number of rotatable bonds is 4. The third kappa shape index (κ3) is 4.10. The van der Waals surface area contributed by atoms with E-state index in [0.717, 1.165) is 18.8 Å². The van der Waals surface area contributed by atoms with Gasteiger partial charge in [0.1, 0.15) is 0 Å². The minimum absolute atomic E-state index is 0.109. The Bertz CT molecular complexity index is 479. The summed E-state index contributed by atoms with van der Waals surface area (Å²) in [5.41, 5.74) is 1.50. The average Bonchev–Trinajstić information content (AvgIpc) is 2.98. The van der Waals surface area contributed by atoms with Crippen molar-refractivity contribution in [2.75, 3.05) is 0 Å². The van der Waals surface area contributed by atoms with Crippen LogP contribution in [0.15, 0.2) is 30.3 Å². The van der Waals surface area contributed by atoms with Crippen molar-refractivity contribution in [1.82, 2.24) is 10.6 Å². The van der Waals surface area contributed by atoms with Gasteiger partial charge in [0, 0.05) is 25.0 Å². The van der Waals surface area contributed by atoms with E-state index in [2.05, 4.69) is 41.0 Å². The number of hydrogen-bond donors (Lipinski definition) is 2.